The van der Waals surface area contributed by atoms with Gasteiger partial charge in [-0.1, -0.05) is 24.6 Å². The first-order valence-electron chi connectivity index (χ1n) is 5.31. The van der Waals surface area contributed by atoms with E-state index < -0.39 is 0 Å². The molecule has 1 N–H and O–H groups in total. The molecule has 4 heteroatoms. The second-order valence-electron chi connectivity index (χ2n) is 3.76. The van der Waals surface area contributed by atoms with Gasteiger partial charge < -0.3 is 5.32 Å². The van der Waals surface area contributed by atoms with E-state index >= 15 is 0 Å². The Morgan fingerprint density at radius 2 is 2.25 bits per heavy atom. The summed E-state index contributed by atoms with van der Waals surface area (Å²) in [6, 6.07) is 4.83. The van der Waals surface area contributed by atoms with Crippen molar-refractivity contribution in [3.63, 3.8) is 0 Å². The molecule has 0 radical (unpaired) electrons. The highest BCUT2D eigenvalue weighted by molar-refractivity contribution is 7.99. The summed E-state index contributed by atoms with van der Waals surface area (Å²) in [5, 5.41) is 4.18. The van der Waals surface area contributed by atoms with Crippen LogP contribution in [0.4, 0.5) is 4.39 Å². The van der Waals surface area contributed by atoms with Crippen LogP contribution in [-0.2, 0) is 6.54 Å². The monoisotopic (exact) mass is 261 g/mol. The van der Waals surface area contributed by atoms with E-state index in [1.54, 1.807) is 12.1 Å². The summed E-state index contributed by atoms with van der Waals surface area (Å²) in [6.07, 6.45) is 3.25. The third-order valence-corrected chi connectivity index (χ3v) is 3.77. The molecule has 0 amide bonds. The quantitative estimate of drug-likeness (QED) is 0.784. The smallest absolute Gasteiger partial charge is 0.141 e. The molecule has 0 bridgehead atoms. The van der Waals surface area contributed by atoms with Crippen molar-refractivity contribution in [3.8, 4) is 0 Å². The Balaban J connectivity index is 2.29. The Kier molecular flexibility index (Phi) is 6.17. The first-order chi connectivity index (χ1) is 7.63. The van der Waals surface area contributed by atoms with Gasteiger partial charge in [-0.25, -0.2) is 4.39 Å². The molecule has 0 saturated heterocycles. The van der Waals surface area contributed by atoms with Gasteiger partial charge >= 0.3 is 0 Å². The topological polar surface area (TPSA) is 12.0 Å². The molecule has 0 heterocycles. The van der Waals surface area contributed by atoms with E-state index in [-0.39, 0.29) is 10.8 Å². The van der Waals surface area contributed by atoms with Crippen LogP contribution in [0.1, 0.15) is 18.9 Å². The predicted molar refractivity (Wildman–Crippen MR) is 70.7 cm³/mol. The zero-order valence-corrected chi connectivity index (χ0v) is 11.2. The van der Waals surface area contributed by atoms with Gasteiger partial charge in [0.25, 0.3) is 0 Å². The van der Waals surface area contributed by atoms with Gasteiger partial charge in [0, 0.05) is 11.8 Å². The van der Waals surface area contributed by atoms with Crippen LogP contribution < -0.4 is 5.32 Å². The van der Waals surface area contributed by atoms with Crippen molar-refractivity contribution in [1.82, 2.24) is 5.32 Å². The van der Waals surface area contributed by atoms with Crippen LogP contribution in [-0.4, -0.2) is 18.1 Å². The molecule has 0 aliphatic rings. The Morgan fingerprint density at radius 1 is 1.50 bits per heavy atom. The molecular weight excluding hydrogens is 245 g/mol. The van der Waals surface area contributed by atoms with Crippen LogP contribution in [0.5, 0.6) is 0 Å². The average molecular weight is 262 g/mol. The summed E-state index contributed by atoms with van der Waals surface area (Å²) in [4.78, 5) is 0. The maximum atomic E-state index is 12.9. The van der Waals surface area contributed by atoms with Crippen molar-refractivity contribution in [2.75, 3.05) is 12.8 Å². The van der Waals surface area contributed by atoms with Crippen LogP contribution >= 0.6 is 23.4 Å². The minimum Gasteiger partial charge on any atom is -0.313 e. The Labute approximate surface area is 106 Å². The lowest BCUT2D eigenvalue weighted by molar-refractivity contribution is 0.623. The van der Waals surface area contributed by atoms with Gasteiger partial charge in [0.2, 0.25) is 0 Å². The van der Waals surface area contributed by atoms with Gasteiger partial charge in [-0.15, -0.1) is 0 Å². The molecule has 90 valence electrons. The number of nitrogens with one attached hydrogen (secondary N) is 1. The Bertz CT molecular complexity index is 333. The molecule has 0 aliphatic carbocycles. The van der Waals surface area contributed by atoms with Gasteiger partial charge in [-0.05, 0) is 36.9 Å². The van der Waals surface area contributed by atoms with E-state index in [0.717, 1.165) is 25.1 Å². The van der Waals surface area contributed by atoms with Gasteiger partial charge in [0.1, 0.15) is 5.82 Å². The molecular formula is C12H17ClFNS. The molecule has 0 saturated carbocycles. The van der Waals surface area contributed by atoms with Crippen molar-refractivity contribution >= 4 is 23.4 Å². The maximum absolute atomic E-state index is 12.9. The largest absolute Gasteiger partial charge is 0.313 e. The number of thioether (sulfide) groups is 1. The van der Waals surface area contributed by atoms with E-state index in [0.29, 0.717) is 5.25 Å². The van der Waals surface area contributed by atoms with E-state index in [1.807, 2.05) is 11.8 Å². The fourth-order valence-electron chi connectivity index (χ4n) is 1.31. The summed E-state index contributed by atoms with van der Waals surface area (Å²) in [7, 11) is 0. The lowest BCUT2D eigenvalue weighted by atomic mass is 10.2. The fraction of sp³-hybridized carbons (Fsp3) is 0.500. The highest BCUT2D eigenvalue weighted by atomic mass is 35.5. The van der Waals surface area contributed by atoms with Gasteiger partial charge in [-0.2, -0.15) is 11.8 Å². The number of rotatable bonds is 6. The summed E-state index contributed by atoms with van der Waals surface area (Å²) in [5.41, 5.74) is 1.02. The van der Waals surface area contributed by atoms with E-state index in [1.165, 1.54) is 6.07 Å². The molecule has 1 atom stereocenters. The first-order valence-corrected chi connectivity index (χ1v) is 6.97. The third kappa shape index (κ3) is 4.73. The van der Waals surface area contributed by atoms with Crippen LogP contribution in [0.3, 0.4) is 0 Å². The summed E-state index contributed by atoms with van der Waals surface area (Å²) in [5.74, 6) is -0.360. The van der Waals surface area contributed by atoms with E-state index in [9.17, 15) is 4.39 Å². The molecule has 0 aromatic heterocycles. The Morgan fingerprint density at radius 3 is 2.88 bits per heavy atom. The molecule has 0 spiro atoms. The molecule has 1 nitrogen and oxygen atoms in total. The summed E-state index contributed by atoms with van der Waals surface area (Å²) in [6.45, 7) is 3.92. The number of hydrogen-bond donors (Lipinski definition) is 1. The van der Waals surface area contributed by atoms with Gasteiger partial charge in [-0.3, -0.25) is 0 Å². The molecule has 0 aliphatic heterocycles. The molecule has 1 aromatic carbocycles. The molecule has 1 rings (SSSR count). The van der Waals surface area contributed by atoms with Crippen LogP contribution in [0.2, 0.25) is 5.02 Å². The number of halogens is 2. The lowest BCUT2D eigenvalue weighted by Crippen LogP contribution is -2.17. The molecule has 0 fully saturated rings. The lowest BCUT2D eigenvalue weighted by Gasteiger charge is -2.09. The first kappa shape index (κ1) is 13.8. The highest BCUT2D eigenvalue weighted by Crippen LogP contribution is 2.15. The zero-order valence-electron chi connectivity index (χ0n) is 9.59. The standard InChI is InChI=1S/C12H17ClFNS/c1-9(16-2)5-6-15-8-10-3-4-12(14)11(13)7-10/h3-4,7,9,15H,5-6,8H2,1-2H3. The number of hydrogen-bond acceptors (Lipinski definition) is 2. The highest BCUT2D eigenvalue weighted by Gasteiger charge is 2.01. The second-order valence-corrected chi connectivity index (χ2v) is 5.44. The minimum atomic E-state index is -0.360. The Hall–Kier alpha value is -0.250. The summed E-state index contributed by atoms with van der Waals surface area (Å²) < 4.78 is 12.9. The van der Waals surface area contributed by atoms with Gasteiger partial charge in [0.05, 0.1) is 5.02 Å². The van der Waals surface area contributed by atoms with E-state index in [2.05, 4.69) is 18.5 Å². The van der Waals surface area contributed by atoms with Crippen LogP contribution in [0, 0.1) is 5.82 Å². The maximum Gasteiger partial charge on any atom is 0.141 e. The van der Waals surface area contributed by atoms with E-state index in [4.69, 9.17) is 11.6 Å². The van der Waals surface area contributed by atoms with Crippen molar-refractivity contribution in [2.45, 2.75) is 25.1 Å². The second kappa shape index (κ2) is 7.15. The molecule has 1 unspecified atom stereocenters. The van der Waals surface area contributed by atoms with Crippen molar-refractivity contribution < 1.29 is 4.39 Å². The zero-order chi connectivity index (χ0) is 12.0. The summed E-state index contributed by atoms with van der Waals surface area (Å²) >= 11 is 7.56. The van der Waals surface area contributed by atoms with Crippen molar-refractivity contribution in [1.29, 1.82) is 0 Å². The van der Waals surface area contributed by atoms with Crippen molar-refractivity contribution in [3.05, 3.63) is 34.6 Å². The molecule has 1 aromatic rings. The third-order valence-electron chi connectivity index (χ3n) is 2.44. The van der Waals surface area contributed by atoms with Crippen molar-refractivity contribution in [2.24, 2.45) is 0 Å². The normalized spacial score (nSPS) is 12.8. The predicted octanol–water partition coefficient (Wildman–Crippen LogP) is 3.71. The van der Waals surface area contributed by atoms with Gasteiger partial charge in [0.15, 0.2) is 0 Å². The average Bonchev–Trinajstić information content (AvgIpc) is 2.28. The number of benzene rings is 1. The van der Waals surface area contributed by atoms with Crippen LogP contribution in [0.15, 0.2) is 18.2 Å². The fourth-order valence-corrected chi connectivity index (χ4v) is 1.86. The van der Waals surface area contributed by atoms with Crippen LogP contribution in [0.25, 0.3) is 0 Å². The SMILES string of the molecule is CSC(C)CCNCc1ccc(F)c(Cl)c1. The minimum absolute atomic E-state index is 0.191. The molecule has 16 heavy (non-hydrogen) atoms.